The van der Waals surface area contributed by atoms with Gasteiger partial charge in [-0.3, -0.25) is 4.90 Å². The average molecular weight is 246 g/mol. The first kappa shape index (κ1) is 11.9. The van der Waals surface area contributed by atoms with Gasteiger partial charge in [-0.2, -0.15) is 0 Å². The van der Waals surface area contributed by atoms with Gasteiger partial charge in [-0.15, -0.1) is 0 Å². The third-order valence-electron chi connectivity index (χ3n) is 3.97. The summed E-state index contributed by atoms with van der Waals surface area (Å²) in [5.74, 6) is 2.82. The van der Waals surface area contributed by atoms with E-state index < -0.39 is 0 Å². The molecule has 1 aliphatic heterocycles. The highest BCUT2D eigenvalue weighted by Gasteiger charge is 2.27. The first-order valence-electron chi connectivity index (χ1n) is 7.06. The number of anilines is 1. The molecule has 1 aromatic rings. The van der Waals surface area contributed by atoms with E-state index in [9.17, 15) is 0 Å². The minimum atomic E-state index is 0.641. The van der Waals surface area contributed by atoms with Crippen LogP contribution >= 0.6 is 0 Å². The molecule has 0 spiro atoms. The Kier molecular flexibility index (Phi) is 3.20. The van der Waals surface area contributed by atoms with Gasteiger partial charge in [0.2, 0.25) is 0 Å². The van der Waals surface area contributed by atoms with Gasteiger partial charge in [0, 0.05) is 44.3 Å². The van der Waals surface area contributed by atoms with Gasteiger partial charge in [-0.05, 0) is 32.8 Å². The van der Waals surface area contributed by atoms with E-state index in [1.807, 2.05) is 6.20 Å². The minimum Gasteiger partial charge on any atom is -0.354 e. The summed E-state index contributed by atoms with van der Waals surface area (Å²) in [5, 5.41) is 0. The smallest absolute Gasteiger partial charge is 0.133 e. The zero-order chi connectivity index (χ0) is 12.5. The van der Waals surface area contributed by atoms with Crippen molar-refractivity contribution in [2.75, 3.05) is 31.1 Å². The van der Waals surface area contributed by atoms with Crippen molar-refractivity contribution in [2.45, 2.75) is 38.6 Å². The Labute approximate surface area is 109 Å². The van der Waals surface area contributed by atoms with E-state index in [-0.39, 0.29) is 0 Å². The summed E-state index contributed by atoms with van der Waals surface area (Å²) in [4.78, 5) is 14.0. The van der Waals surface area contributed by atoms with Crippen LogP contribution in [0.4, 0.5) is 5.82 Å². The van der Waals surface area contributed by atoms with Crippen LogP contribution in [-0.2, 0) is 0 Å². The molecule has 3 rings (SSSR count). The normalized spacial score (nSPS) is 21.6. The summed E-state index contributed by atoms with van der Waals surface area (Å²) in [6, 6.07) is 2.70. The highest BCUT2D eigenvalue weighted by molar-refractivity contribution is 5.38. The van der Waals surface area contributed by atoms with Crippen molar-refractivity contribution in [3.8, 4) is 0 Å². The van der Waals surface area contributed by atoms with E-state index in [1.165, 1.54) is 12.8 Å². The second-order valence-electron chi connectivity index (χ2n) is 5.66. The molecule has 0 amide bonds. The molecule has 2 fully saturated rings. The highest BCUT2D eigenvalue weighted by Crippen LogP contribution is 2.38. The molecule has 1 aliphatic carbocycles. The number of rotatable bonds is 3. The summed E-state index contributed by atoms with van der Waals surface area (Å²) >= 11 is 0. The van der Waals surface area contributed by atoms with Crippen LogP contribution in [0.2, 0.25) is 0 Å². The Morgan fingerprint density at radius 2 is 1.89 bits per heavy atom. The molecule has 2 aliphatic rings. The fourth-order valence-electron chi connectivity index (χ4n) is 2.55. The van der Waals surface area contributed by atoms with Crippen LogP contribution in [-0.4, -0.2) is 47.1 Å². The lowest BCUT2D eigenvalue weighted by Gasteiger charge is -2.37. The Bertz CT molecular complexity index is 406. The van der Waals surface area contributed by atoms with Crippen molar-refractivity contribution in [1.82, 2.24) is 14.9 Å². The molecule has 0 aromatic carbocycles. The SMILES string of the molecule is CC(C)N1CCN(c2ccnc(C3CC3)n2)CC1. The second kappa shape index (κ2) is 4.84. The monoisotopic (exact) mass is 246 g/mol. The fourth-order valence-corrected chi connectivity index (χ4v) is 2.55. The topological polar surface area (TPSA) is 32.3 Å². The summed E-state index contributed by atoms with van der Waals surface area (Å²) in [6.45, 7) is 8.98. The summed E-state index contributed by atoms with van der Waals surface area (Å²) in [5.41, 5.74) is 0. The zero-order valence-corrected chi connectivity index (χ0v) is 11.3. The predicted molar refractivity (Wildman–Crippen MR) is 72.9 cm³/mol. The molecule has 2 heterocycles. The van der Waals surface area contributed by atoms with E-state index in [0.717, 1.165) is 37.8 Å². The van der Waals surface area contributed by atoms with Crippen LogP contribution in [0.1, 0.15) is 38.4 Å². The van der Waals surface area contributed by atoms with Gasteiger partial charge in [0.05, 0.1) is 0 Å². The summed E-state index contributed by atoms with van der Waals surface area (Å²) < 4.78 is 0. The highest BCUT2D eigenvalue weighted by atomic mass is 15.3. The predicted octanol–water partition coefficient (Wildman–Crippen LogP) is 1.88. The maximum atomic E-state index is 4.72. The van der Waals surface area contributed by atoms with Gasteiger partial charge < -0.3 is 4.90 Å². The van der Waals surface area contributed by atoms with Gasteiger partial charge in [0.1, 0.15) is 11.6 Å². The summed E-state index contributed by atoms with van der Waals surface area (Å²) in [7, 11) is 0. The molecule has 4 heteroatoms. The first-order chi connectivity index (χ1) is 8.74. The number of nitrogens with zero attached hydrogens (tertiary/aromatic N) is 4. The van der Waals surface area contributed by atoms with Crippen LogP contribution in [0.15, 0.2) is 12.3 Å². The third-order valence-corrected chi connectivity index (χ3v) is 3.97. The zero-order valence-electron chi connectivity index (χ0n) is 11.3. The van der Waals surface area contributed by atoms with E-state index in [2.05, 4.69) is 34.7 Å². The maximum Gasteiger partial charge on any atom is 0.133 e. The molecule has 0 bridgehead atoms. The molecule has 1 aromatic heterocycles. The lowest BCUT2D eigenvalue weighted by molar-refractivity contribution is 0.209. The summed E-state index contributed by atoms with van der Waals surface area (Å²) in [6.07, 6.45) is 4.46. The quantitative estimate of drug-likeness (QED) is 0.815. The average Bonchev–Trinajstić information content (AvgIpc) is 3.23. The Hall–Kier alpha value is -1.16. The number of hydrogen-bond donors (Lipinski definition) is 0. The largest absolute Gasteiger partial charge is 0.354 e. The number of aromatic nitrogens is 2. The Balaban J connectivity index is 1.66. The van der Waals surface area contributed by atoms with Crippen molar-refractivity contribution < 1.29 is 0 Å². The number of piperazine rings is 1. The van der Waals surface area contributed by atoms with Gasteiger partial charge in [-0.25, -0.2) is 9.97 Å². The van der Waals surface area contributed by atoms with Crippen LogP contribution in [0.25, 0.3) is 0 Å². The van der Waals surface area contributed by atoms with Crippen molar-refractivity contribution in [3.05, 3.63) is 18.1 Å². The van der Waals surface area contributed by atoms with E-state index in [0.29, 0.717) is 12.0 Å². The molecule has 0 radical (unpaired) electrons. The Morgan fingerprint density at radius 3 is 2.50 bits per heavy atom. The maximum absolute atomic E-state index is 4.72. The molecule has 1 saturated carbocycles. The van der Waals surface area contributed by atoms with Crippen LogP contribution in [0.5, 0.6) is 0 Å². The fraction of sp³-hybridized carbons (Fsp3) is 0.714. The van der Waals surface area contributed by atoms with E-state index in [1.54, 1.807) is 0 Å². The lowest BCUT2D eigenvalue weighted by atomic mass is 10.2. The third kappa shape index (κ3) is 2.48. The van der Waals surface area contributed by atoms with Gasteiger partial charge in [-0.1, -0.05) is 0 Å². The first-order valence-corrected chi connectivity index (χ1v) is 7.06. The van der Waals surface area contributed by atoms with Gasteiger partial charge >= 0.3 is 0 Å². The Morgan fingerprint density at radius 1 is 1.17 bits per heavy atom. The van der Waals surface area contributed by atoms with E-state index in [4.69, 9.17) is 4.98 Å². The van der Waals surface area contributed by atoms with Crippen LogP contribution in [0.3, 0.4) is 0 Å². The van der Waals surface area contributed by atoms with Crippen LogP contribution < -0.4 is 4.90 Å². The van der Waals surface area contributed by atoms with Gasteiger partial charge in [0.15, 0.2) is 0 Å². The van der Waals surface area contributed by atoms with Crippen LogP contribution in [0, 0.1) is 0 Å². The minimum absolute atomic E-state index is 0.641. The molecule has 4 nitrogen and oxygen atoms in total. The van der Waals surface area contributed by atoms with Crippen molar-refractivity contribution in [3.63, 3.8) is 0 Å². The van der Waals surface area contributed by atoms with Crippen molar-refractivity contribution in [1.29, 1.82) is 0 Å². The number of hydrogen-bond acceptors (Lipinski definition) is 4. The van der Waals surface area contributed by atoms with E-state index >= 15 is 0 Å². The molecule has 98 valence electrons. The molecular weight excluding hydrogens is 224 g/mol. The molecule has 1 saturated heterocycles. The van der Waals surface area contributed by atoms with Gasteiger partial charge in [0.25, 0.3) is 0 Å². The van der Waals surface area contributed by atoms with Crippen molar-refractivity contribution >= 4 is 5.82 Å². The lowest BCUT2D eigenvalue weighted by Crippen LogP contribution is -2.49. The molecule has 0 unspecified atom stereocenters. The standard InChI is InChI=1S/C14H22N4/c1-11(2)17-7-9-18(10-8-17)13-5-6-15-14(16-13)12-3-4-12/h5-6,11-12H,3-4,7-10H2,1-2H3. The molecule has 0 N–H and O–H groups in total. The molecular formula is C14H22N4. The second-order valence-corrected chi connectivity index (χ2v) is 5.66. The molecule has 18 heavy (non-hydrogen) atoms. The van der Waals surface area contributed by atoms with Crippen molar-refractivity contribution in [2.24, 2.45) is 0 Å². The molecule has 0 atom stereocenters.